The van der Waals surface area contributed by atoms with Crippen molar-refractivity contribution in [1.29, 1.82) is 0 Å². The molecule has 3 fully saturated rings. The molecule has 4 N–H and O–H groups in total. The number of benzene rings is 1. The first-order valence-corrected chi connectivity index (χ1v) is 17.5. The second kappa shape index (κ2) is 13.0. The Balaban J connectivity index is 0.00000386. The number of hydrogen-bond donors (Lipinski definition) is 3. The van der Waals surface area contributed by atoms with E-state index in [1.54, 1.807) is 6.20 Å². The van der Waals surface area contributed by atoms with Crippen molar-refractivity contribution in [3.05, 3.63) is 48.9 Å². The number of carbonyl (C=O) groups excluding carboxylic acids is 3. The summed E-state index contributed by atoms with van der Waals surface area (Å²) in [5, 5.41) is 4.65. The van der Waals surface area contributed by atoms with E-state index in [1.165, 1.54) is 11.2 Å². The van der Waals surface area contributed by atoms with Gasteiger partial charge in [-0.15, -0.1) is 12.4 Å². The minimum Gasteiger partial charge on any atom is -0.472 e. The van der Waals surface area contributed by atoms with Gasteiger partial charge in [0.25, 0.3) is 5.91 Å². The first-order chi connectivity index (χ1) is 22.2. The predicted molar refractivity (Wildman–Crippen MR) is 176 cm³/mol. The van der Waals surface area contributed by atoms with Gasteiger partial charge in [-0.05, 0) is 50.0 Å². The summed E-state index contributed by atoms with van der Waals surface area (Å²) in [6, 6.07) is 5.79. The van der Waals surface area contributed by atoms with Gasteiger partial charge in [0.1, 0.15) is 24.0 Å². The SMILES string of the molecule is Cl.N[C@H]1CCCCC/C=C\[C@@H]2C[C@@]2(C(=O)NS(=O)(=O)C2CC2)NC(=O)[C@@H]2C[C@@H](Oc3nc4ncncc4c4ccccc34)CN2C1=O. The molecule has 2 saturated carbocycles. The van der Waals surface area contributed by atoms with Crippen molar-refractivity contribution in [2.24, 2.45) is 11.7 Å². The number of carbonyl (C=O) groups is 3. The molecule has 4 aliphatic rings. The molecule has 15 heteroatoms. The molecule has 2 aromatic heterocycles. The molecule has 7 rings (SSSR count). The smallest absolute Gasteiger partial charge is 0.259 e. The molecule has 0 radical (unpaired) electrons. The lowest BCUT2D eigenvalue weighted by Gasteiger charge is -2.28. The number of halogens is 1. The van der Waals surface area contributed by atoms with Crippen molar-refractivity contribution < 1.29 is 27.5 Å². The van der Waals surface area contributed by atoms with E-state index < -0.39 is 50.8 Å². The van der Waals surface area contributed by atoms with Crippen LogP contribution in [-0.2, 0) is 24.4 Å². The number of pyridine rings is 1. The number of ether oxygens (including phenoxy) is 1. The summed E-state index contributed by atoms with van der Waals surface area (Å²) in [6.45, 7) is 0.0844. The normalized spacial score (nSPS) is 29.0. The zero-order chi connectivity index (χ0) is 32.1. The number of amides is 3. The maximum Gasteiger partial charge on any atom is 0.259 e. The molecule has 3 amide bonds. The van der Waals surface area contributed by atoms with Crippen LogP contribution >= 0.6 is 12.4 Å². The lowest BCUT2D eigenvalue weighted by Crippen LogP contribution is -2.57. The molecule has 4 heterocycles. The van der Waals surface area contributed by atoms with Gasteiger partial charge in [0.05, 0.1) is 17.8 Å². The van der Waals surface area contributed by atoms with Crippen LogP contribution in [0.1, 0.15) is 57.8 Å². The van der Waals surface area contributed by atoms with Gasteiger partial charge in [0.15, 0.2) is 5.65 Å². The van der Waals surface area contributed by atoms with Crippen molar-refractivity contribution >= 4 is 62.0 Å². The summed E-state index contributed by atoms with van der Waals surface area (Å²) in [5.74, 6) is -1.72. The van der Waals surface area contributed by atoms with Gasteiger partial charge in [-0.2, -0.15) is 4.98 Å². The second-order valence-corrected chi connectivity index (χ2v) is 14.8. The Bertz CT molecular complexity index is 1850. The van der Waals surface area contributed by atoms with Gasteiger partial charge >= 0.3 is 0 Å². The van der Waals surface area contributed by atoms with Gasteiger partial charge in [0.2, 0.25) is 27.7 Å². The van der Waals surface area contributed by atoms with E-state index >= 15 is 0 Å². The van der Waals surface area contributed by atoms with Crippen LogP contribution in [0.2, 0.25) is 0 Å². The van der Waals surface area contributed by atoms with Crippen molar-refractivity contribution in [2.75, 3.05) is 6.54 Å². The predicted octanol–water partition coefficient (Wildman–Crippen LogP) is 2.28. The molecule has 2 aliphatic carbocycles. The van der Waals surface area contributed by atoms with Crippen LogP contribution in [0, 0.1) is 5.92 Å². The summed E-state index contributed by atoms with van der Waals surface area (Å²) in [7, 11) is -3.83. The number of aromatic nitrogens is 3. The molecule has 1 aromatic carbocycles. The average molecular weight is 684 g/mol. The van der Waals surface area contributed by atoms with E-state index in [-0.39, 0.29) is 43.6 Å². The van der Waals surface area contributed by atoms with Crippen LogP contribution in [-0.4, -0.2) is 81.5 Å². The third-order valence-corrected chi connectivity index (χ3v) is 11.3. The third-order valence-electron chi connectivity index (χ3n) is 9.51. The first-order valence-electron chi connectivity index (χ1n) is 15.9. The van der Waals surface area contributed by atoms with Gasteiger partial charge in [-0.3, -0.25) is 19.1 Å². The molecule has 47 heavy (non-hydrogen) atoms. The minimum absolute atomic E-state index is 0. The summed E-state index contributed by atoms with van der Waals surface area (Å²) in [6.07, 6.45) is 11.5. The molecular weight excluding hydrogens is 646 g/mol. The molecular formula is C32H38ClN7O6S. The standard InChI is InChI=1S/C32H37N7O6S.ClH/c33-25-11-5-3-1-2-4-8-19-15-32(19,31(42)38-46(43,44)21-12-13-21)37-28(40)26-14-20(17-39(26)30(25)41)45-29-23-10-7-6-9-22(23)24-16-34-18-35-27(24)36-29;/h4,6-10,16,18-21,25-26H,1-3,5,11-15,17,33H2,(H,37,40)(H,38,42);1H/b8-4-;/t19-,20-,25+,26+,32-;/m1./s1. The molecule has 250 valence electrons. The molecule has 13 nitrogen and oxygen atoms in total. The Labute approximate surface area is 278 Å². The van der Waals surface area contributed by atoms with Gasteiger partial charge in [0, 0.05) is 29.3 Å². The Hall–Kier alpha value is -3.88. The maximum atomic E-state index is 14.0. The van der Waals surface area contributed by atoms with Crippen molar-refractivity contribution in [3.8, 4) is 5.88 Å². The fourth-order valence-electron chi connectivity index (χ4n) is 6.65. The number of nitrogens with one attached hydrogen (secondary N) is 2. The monoisotopic (exact) mass is 683 g/mol. The Morgan fingerprint density at radius 2 is 1.87 bits per heavy atom. The lowest BCUT2D eigenvalue weighted by atomic mass is 10.1. The number of fused-ring (bicyclic) bond motifs is 5. The first kappa shape index (κ1) is 33.0. The highest BCUT2D eigenvalue weighted by Crippen LogP contribution is 2.46. The highest BCUT2D eigenvalue weighted by molar-refractivity contribution is 7.91. The maximum absolute atomic E-state index is 14.0. The zero-order valence-corrected chi connectivity index (χ0v) is 27.3. The van der Waals surface area contributed by atoms with Gasteiger partial charge < -0.3 is 20.7 Å². The lowest BCUT2D eigenvalue weighted by molar-refractivity contribution is -0.140. The quantitative estimate of drug-likeness (QED) is 0.266. The van der Waals surface area contributed by atoms with Crippen LogP contribution in [0.5, 0.6) is 5.88 Å². The van der Waals surface area contributed by atoms with Crippen molar-refractivity contribution in [1.82, 2.24) is 29.9 Å². The van der Waals surface area contributed by atoms with Crippen LogP contribution in [0.3, 0.4) is 0 Å². The molecule has 0 unspecified atom stereocenters. The molecule has 2 aliphatic heterocycles. The fraction of sp³-hybridized carbons (Fsp3) is 0.500. The highest BCUT2D eigenvalue weighted by Gasteiger charge is 2.62. The van der Waals surface area contributed by atoms with E-state index in [9.17, 15) is 22.8 Å². The topological polar surface area (TPSA) is 187 Å². The third kappa shape index (κ3) is 6.50. The number of hydrogen-bond acceptors (Lipinski definition) is 10. The Morgan fingerprint density at radius 1 is 1.09 bits per heavy atom. The molecule has 5 atom stereocenters. The van der Waals surface area contributed by atoms with Crippen LogP contribution in [0.4, 0.5) is 0 Å². The fourth-order valence-corrected chi connectivity index (χ4v) is 8.02. The molecule has 1 saturated heterocycles. The summed E-state index contributed by atoms with van der Waals surface area (Å²) in [4.78, 5) is 55.8. The Kier molecular flexibility index (Phi) is 9.11. The van der Waals surface area contributed by atoms with Crippen LogP contribution < -0.4 is 20.5 Å². The van der Waals surface area contributed by atoms with Crippen LogP contribution in [0.25, 0.3) is 21.8 Å². The molecule has 0 bridgehead atoms. The second-order valence-electron chi connectivity index (χ2n) is 12.8. The van der Waals surface area contributed by atoms with Gasteiger partial charge in [-0.25, -0.2) is 18.4 Å². The van der Waals surface area contributed by atoms with Crippen LogP contribution in [0.15, 0.2) is 48.9 Å². The summed E-state index contributed by atoms with van der Waals surface area (Å²) >= 11 is 0. The van der Waals surface area contributed by atoms with Gasteiger partial charge in [-0.1, -0.05) is 43.2 Å². The molecule has 3 aromatic rings. The Morgan fingerprint density at radius 3 is 2.66 bits per heavy atom. The zero-order valence-electron chi connectivity index (χ0n) is 25.7. The molecule has 0 spiro atoms. The van der Waals surface area contributed by atoms with E-state index in [1.807, 2.05) is 36.4 Å². The number of rotatable bonds is 5. The van der Waals surface area contributed by atoms with Crippen molar-refractivity contribution in [3.63, 3.8) is 0 Å². The van der Waals surface area contributed by atoms with Crippen molar-refractivity contribution in [2.45, 2.75) is 86.8 Å². The average Bonchev–Trinajstić information content (AvgIpc) is 3.97. The van der Waals surface area contributed by atoms with E-state index in [4.69, 9.17) is 10.5 Å². The van der Waals surface area contributed by atoms with E-state index in [0.29, 0.717) is 30.8 Å². The van der Waals surface area contributed by atoms with E-state index in [2.05, 4.69) is 25.0 Å². The van der Waals surface area contributed by atoms with E-state index in [0.717, 1.165) is 41.8 Å². The number of nitrogens with two attached hydrogens (primary N) is 1. The highest BCUT2D eigenvalue weighted by atomic mass is 35.5. The number of nitrogens with zero attached hydrogens (tertiary/aromatic N) is 4. The number of sulfonamides is 1. The summed E-state index contributed by atoms with van der Waals surface area (Å²) < 4.78 is 34.0. The minimum atomic E-state index is -3.83. The largest absolute Gasteiger partial charge is 0.472 e. The summed E-state index contributed by atoms with van der Waals surface area (Å²) in [5.41, 5.74) is 5.40. The number of allylic oxidation sites excluding steroid dienone is 1.